The first-order valence-electron chi connectivity index (χ1n) is 13.3. The molecule has 206 valence electrons. The molecule has 0 saturated heterocycles. The Morgan fingerprint density at radius 2 is 1.02 bits per heavy atom. The first kappa shape index (κ1) is 27.0. The van der Waals surface area contributed by atoms with Crippen molar-refractivity contribution < 1.29 is 14.4 Å². The topological polar surface area (TPSA) is 124 Å². The lowest BCUT2D eigenvalue weighted by Crippen LogP contribution is -2.07. The number of carbonyl (C=O) groups is 2. The summed E-state index contributed by atoms with van der Waals surface area (Å²) < 4.78 is 0. The molecule has 4 aromatic carbocycles. The van der Waals surface area contributed by atoms with Crippen molar-refractivity contribution in [1.29, 1.82) is 0 Å². The van der Waals surface area contributed by atoms with Crippen molar-refractivity contribution in [2.24, 2.45) is 5.11 Å². The van der Waals surface area contributed by atoms with Crippen LogP contribution in [0.4, 0.5) is 11.4 Å². The van der Waals surface area contributed by atoms with Crippen LogP contribution in [0.2, 0.25) is 0 Å². The third kappa shape index (κ3) is 5.82. The van der Waals surface area contributed by atoms with Gasteiger partial charge in [0.1, 0.15) is 18.3 Å². The summed E-state index contributed by atoms with van der Waals surface area (Å²) in [6.45, 7) is 0. The summed E-state index contributed by atoms with van der Waals surface area (Å²) in [4.78, 5) is 44.0. The fourth-order valence-electron chi connectivity index (χ4n) is 4.59. The average molecular weight is 563 g/mol. The lowest BCUT2D eigenvalue weighted by Gasteiger charge is -2.11. The summed E-state index contributed by atoms with van der Waals surface area (Å²) in [6.07, 6.45) is 9.35. The van der Waals surface area contributed by atoms with Gasteiger partial charge in [0, 0.05) is 58.2 Å². The van der Waals surface area contributed by atoms with E-state index < -0.39 is 0 Å². The normalized spacial score (nSPS) is 11.2. The summed E-state index contributed by atoms with van der Waals surface area (Å²) in [7, 11) is 0. The predicted molar refractivity (Wildman–Crippen MR) is 160 cm³/mol. The number of hydrogen-bond donors (Lipinski definition) is 0. The van der Waals surface area contributed by atoms with Crippen LogP contribution < -0.4 is 0 Å². The van der Waals surface area contributed by atoms with Crippen LogP contribution in [0.3, 0.4) is 0 Å². The highest BCUT2D eigenvalue weighted by Gasteiger charge is 2.23. The van der Waals surface area contributed by atoms with Gasteiger partial charge in [-0.3, -0.25) is 9.59 Å². The monoisotopic (exact) mass is 562 g/mol. The molecule has 2 heterocycles. The fourth-order valence-corrected chi connectivity index (χ4v) is 4.59. The minimum Gasteiger partial charge on any atom is -0.594 e. The second kappa shape index (κ2) is 12.1. The molecule has 0 atom stereocenters. The molecule has 9 heteroatoms. The lowest BCUT2D eigenvalue weighted by atomic mass is 9.97. The van der Waals surface area contributed by atoms with Gasteiger partial charge >= 0.3 is 0 Å². The molecule has 0 fully saturated rings. The van der Waals surface area contributed by atoms with E-state index in [4.69, 9.17) is 0 Å². The molecule has 0 unspecified atom stereocenters. The molecule has 0 aliphatic heterocycles. The molecule has 2 aromatic heterocycles. The van der Waals surface area contributed by atoms with Gasteiger partial charge < -0.3 is 5.21 Å². The molecule has 0 saturated carbocycles. The Balaban J connectivity index is 1.48. The Kier molecular flexibility index (Phi) is 7.60. The number of aromatic nitrogens is 4. The van der Waals surface area contributed by atoms with Crippen LogP contribution in [-0.2, 0) is 0 Å². The second-order valence-electron chi connectivity index (χ2n) is 9.48. The third-order valence-corrected chi connectivity index (χ3v) is 6.75. The molecule has 6 aromatic rings. The van der Waals surface area contributed by atoms with Gasteiger partial charge in [-0.05, 0) is 40.3 Å². The molecule has 6 rings (SSSR count). The van der Waals surface area contributed by atoms with Crippen LogP contribution in [0.5, 0.6) is 0 Å². The zero-order valence-corrected chi connectivity index (χ0v) is 22.6. The molecular weight excluding hydrogens is 540 g/mol. The Bertz CT molecular complexity index is 1950. The van der Waals surface area contributed by atoms with Crippen molar-refractivity contribution in [3.63, 3.8) is 0 Å². The highest BCUT2D eigenvalue weighted by Crippen LogP contribution is 2.32. The summed E-state index contributed by atoms with van der Waals surface area (Å²) in [5.74, 6) is -0.670. The molecule has 0 spiro atoms. The Labute approximate surface area is 246 Å². The first-order valence-corrected chi connectivity index (χ1v) is 13.3. The van der Waals surface area contributed by atoms with Gasteiger partial charge in [-0.1, -0.05) is 66.7 Å². The van der Waals surface area contributed by atoms with E-state index in [1.54, 1.807) is 110 Å². The lowest BCUT2D eigenvalue weighted by molar-refractivity contribution is -0.435. The molecule has 0 amide bonds. The Morgan fingerprint density at radius 1 is 0.558 bits per heavy atom. The number of ketones is 2. The highest BCUT2D eigenvalue weighted by molar-refractivity contribution is 6.13. The van der Waals surface area contributed by atoms with Gasteiger partial charge in [0.05, 0.1) is 11.1 Å². The maximum atomic E-state index is 13.7. The number of hydrogen-bond acceptors (Lipinski definition) is 8. The zero-order valence-electron chi connectivity index (χ0n) is 22.6. The minimum atomic E-state index is -0.356. The largest absolute Gasteiger partial charge is 0.594 e. The highest BCUT2D eigenvalue weighted by atomic mass is 16.5. The van der Waals surface area contributed by atoms with Gasteiger partial charge in [-0.15, -0.1) is 0 Å². The van der Waals surface area contributed by atoms with Gasteiger partial charge in [-0.25, -0.2) is 19.9 Å². The van der Waals surface area contributed by atoms with E-state index in [1.165, 1.54) is 18.7 Å². The first-order chi connectivity index (χ1) is 21.1. The Morgan fingerprint density at radius 3 is 1.56 bits per heavy atom. The maximum Gasteiger partial charge on any atom is 0.256 e. The maximum absolute atomic E-state index is 13.7. The second-order valence-corrected chi connectivity index (χ2v) is 9.48. The van der Waals surface area contributed by atoms with Gasteiger partial charge in [-0.2, -0.15) is 0 Å². The van der Waals surface area contributed by atoms with Crippen molar-refractivity contribution >= 4 is 22.9 Å². The molecule has 0 aliphatic carbocycles. The van der Waals surface area contributed by atoms with Crippen LogP contribution in [0.1, 0.15) is 31.8 Å². The molecule has 0 bridgehead atoms. The number of benzene rings is 4. The SMILES string of the molecule is O=C(c1ccccc1)c1cc(-c2cncnc2)ccc1N=[N+]([O-])c1ccc(-c2cncnc2)cc1C(=O)c1ccccc1. The van der Waals surface area contributed by atoms with Crippen LogP contribution in [0.25, 0.3) is 22.3 Å². The van der Waals surface area contributed by atoms with E-state index in [0.717, 1.165) is 0 Å². The van der Waals surface area contributed by atoms with E-state index >= 15 is 0 Å². The van der Waals surface area contributed by atoms with Gasteiger partial charge in [0.15, 0.2) is 11.6 Å². The van der Waals surface area contributed by atoms with Crippen LogP contribution in [-0.4, -0.2) is 36.4 Å². The summed E-state index contributed by atoms with van der Waals surface area (Å²) in [5, 5.41) is 18.0. The molecule has 43 heavy (non-hydrogen) atoms. The summed E-state index contributed by atoms with van der Waals surface area (Å²) in [6, 6.07) is 27.3. The standard InChI is InChI=1S/C34H22N6O3/c41-33(23-7-3-1-4-8-23)29-15-25(27-17-35-21-36-18-27)11-13-31(29)39-40(43)32-14-12-26(28-19-37-22-38-20-28)16-30(32)34(42)24-9-5-2-6-10-24/h1-22H. The van der Waals surface area contributed by atoms with E-state index in [-0.39, 0.29) is 34.1 Å². The number of carbonyl (C=O) groups excluding carboxylic acids is 2. The third-order valence-electron chi connectivity index (χ3n) is 6.75. The van der Waals surface area contributed by atoms with Gasteiger partial charge in [0.25, 0.3) is 5.69 Å². The Hall–Kier alpha value is -6.22. The zero-order chi connectivity index (χ0) is 29.6. The number of nitrogens with zero attached hydrogens (tertiary/aromatic N) is 6. The summed E-state index contributed by atoms with van der Waals surface area (Å²) >= 11 is 0. The van der Waals surface area contributed by atoms with Crippen LogP contribution in [0.15, 0.2) is 140 Å². The van der Waals surface area contributed by atoms with Crippen molar-refractivity contribution in [2.75, 3.05) is 0 Å². The number of azo groups is 1. The molecule has 0 aliphatic rings. The molecule has 0 N–H and O–H groups in total. The van der Waals surface area contributed by atoms with Crippen LogP contribution >= 0.6 is 0 Å². The van der Waals surface area contributed by atoms with Crippen molar-refractivity contribution in [3.8, 4) is 22.3 Å². The predicted octanol–water partition coefficient (Wildman–Crippen LogP) is 6.99. The smallest absolute Gasteiger partial charge is 0.256 e. The van der Waals surface area contributed by atoms with E-state index in [9.17, 15) is 14.8 Å². The molecule has 0 radical (unpaired) electrons. The van der Waals surface area contributed by atoms with Gasteiger partial charge in [0.2, 0.25) is 0 Å². The van der Waals surface area contributed by atoms with Crippen molar-refractivity contribution in [1.82, 2.24) is 19.9 Å². The van der Waals surface area contributed by atoms with E-state index in [2.05, 4.69) is 25.1 Å². The molecular formula is C34H22N6O3. The quantitative estimate of drug-likeness (QED) is 0.0847. The fraction of sp³-hybridized carbons (Fsp3) is 0. The number of rotatable bonds is 8. The molecule has 9 nitrogen and oxygen atoms in total. The van der Waals surface area contributed by atoms with E-state index in [0.29, 0.717) is 38.2 Å². The average Bonchev–Trinajstić information content (AvgIpc) is 3.09. The van der Waals surface area contributed by atoms with E-state index in [1.807, 2.05) is 6.07 Å². The van der Waals surface area contributed by atoms with Crippen LogP contribution in [0, 0.1) is 5.21 Å². The van der Waals surface area contributed by atoms with Crippen molar-refractivity contribution in [3.05, 3.63) is 162 Å². The minimum absolute atomic E-state index is 0.0214. The van der Waals surface area contributed by atoms with Crippen molar-refractivity contribution in [2.45, 2.75) is 0 Å². The summed E-state index contributed by atoms with van der Waals surface area (Å²) in [5.41, 5.74) is 4.09.